The van der Waals surface area contributed by atoms with Gasteiger partial charge in [0.25, 0.3) is 0 Å². The zero-order chi connectivity index (χ0) is 21.6. The van der Waals surface area contributed by atoms with E-state index in [0.29, 0.717) is 22.2 Å². The molecule has 0 heterocycles. The number of carbonyl (C=O) groups is 2. The van der Waals surface area contributed by atoms with E-state index in [1.54, 1.807) is 30.0 Å². The summed E-state index contributed by atoms with van der Waals surface area (Å²) >= 11 is 12.5. The van der Waals surface area contributed by atoms with E-state index in [4.69, 9.17) is 23.2 Å². The number of aryl methyl sites for hydroxylation is 1. The second-order valence-corrected chi connectivity index (χ2v) is 8.20. The molecule has 6 heteroatoms. The number of benzene rings is 2. The maximum atomic E-state index is 13.2. The molecule has 2 atom stereocenters. The van der Waals surface area contributed by atoms with Gasteiger partial charge in [-0.05, 0) is 50.5 Å². The van der Waals surface area contributed by atoms with Gasteiger partial charge < -0.3 is 10.2 Å². The average Bonchev–Trinajstić information content (AvgIpc) is 2.68. The summed E-state index contributed by atoms with van der Waals surface area (Å²) in [6.45, 7) is 8.03. The van der Waals surface area contributed by atoms with E-state index in [1.165, 1.54) is 0 Å². The van der Waals surface area contributed by atoms with Crippen LogP contribution in [0, 0.1) is 6.92 Å². The van der Waals surface area contributed by atoms with Crippen LogP contribution in [0.5, 0.6) is 0 Å². The number of nitrogens with one attached hydrogen (secondary N) is 1. The zero-order valence-electron chi connectivity index (χ0n) is 17.3. The van der Waals surface area contributed by atoms with Gasteiger partial charge in [0.2, 0.25) is 11.8 Å². The summed E-state index contributed by atoms with van der Waals surface area (Å²) in [4.78, 5) is 27.6. The minimum Gasteiger partial charge on any atom is -0.352 e. The molecule has 0 saturated heterocycles. The lowest BCUT2D eigenvalue weighted by Gasteiger charge is -2.30. The zero-order valence-corrected chi connectivity index (χ0v) is 18.8. The highest BCUT2D eigenvalue weighted by Gasteiger charge is 2.27. The molecular formula is C23H28Cl2N2O2. The molecule has 2 aromatic rings. The lowest BCUT2D eigenvalue weighted by Crippen LogP contribution is -2.49. The number of halogens is 2. The van der Waals surface area contributed by atoms with E-state index in [0.717, 1.165) is 17.5 Å². The normalized spacial score (nSPS) is 12.9. The highest BCUT2D eigenvalue weighted by atomic mass is 35.5. The summed E-state index contributed by atoms with van der Waals surface area (Å²) in [7, 11) is 0. The lowest BCUT2D eigenvalue weighted by molar-refractivity contribution is -0.140. The molecule has 2 rings (SSSR count). The molecule has 0 radical (unpaired) electrons. The average molecular weight is 435 g/mol. The number of carbonyl (C=O) groups excluding carboxylic acids is 2. The second-order valence-electron chi connectivity index (χ2n) is 7.38. The predicted octanol–water partition coefficient (Wildman–Crippen LogP) is 5.18. The van der Waals surface area contributed by atoms with Crippen LogP contribution in [0.25, 0.3) is 0 Å². The van der Waals surface area contributed by atoms with Crippen molar-refractivity contribution >= 4 is 35.0 Å². The Morgan fingerprint density at radius 2 is 1.69 bits per heavy atom. The van der Waals surface area contributed by atoms with Crippen LogP contribution in [-0.2, 0) is 22.6 Å². The van der Waals surface area contributed by atoms with E-state index >= 15 is 0 Å². The first-order valence-corrected chi connectivity index (χ1v) is 10.6. The molecule has 0 fully saturated rings. The Balaban J connectivity index is 2.29. The number of hydrogen-bond acceptors (Lipinski definition) is 2. The summed E-state index contributed by atoms with van der Waals surface area (Å²) in [6, 6.07) is 12.5. The number of rotatable bonds is 8. The Kier molecular flexibility index (Phi) is 8.54. The molecule has 0 aliphatic carbocycles. The Morgan fingerprint density at radius 3 is 2.28 bits per heavy atom. The van der Waals surface area contributed by atoms with Crippen molar-refractivity contribution in [3.63, 3.8) is 0 Å². The molecular weight excluding hydrogens is 407 g/mol. The molecule has 4 nitrogen and oxygen atoms in total. The van der Waals surface area contributed by atoms with Crippen LogP contribution in [0.15, 0.2) is 42.5 Å². The van der Waals surface area contributed by atoms with Crippen LogP contribution in [-0.4, -0.2) is 28.8 Å². The third kappa shape index (κ3) is 6.48. The molecule has 1 N–H and O–H groups in total. The van der Waals surface area contributed by atoms with Crippen molar-refractivity contribution in [2.24, 2.45) is 0 Å². The molecule has 0 aliphatic rings. The summed E-state index contributed by atoms with van der Waals surface area (Å²) in [5.74, 6) is -0.376. The molecule has 2 aromatic carbocycles. The van der Waals surface area contributed by atoms with Gasteiger partial charge in [0.05, 0.1) is 6.42 Å². The van der Waals surface area contributed by atoms with Crippen LogP contribution >= 0.6 is 23.2 Å². The summed E-state index contributed by atoms with van der Waals surface area (Å²) in [5.41, 5.74) is 2.64. The van der Waals surface area contributed by atoms with Crippen molar-refractivity contribution < 1.29 is 9.59 Å². The van der Waals surface area contributed by atoms with Gasteiger partial charge in [0.15, 0.2) is 0 Å². The van der Waals surface area contributed by atoms with E-state index in [-0.39, 0.29) is 24.3 Å². The molecule has 0 aliphatic heterocycles. The van der Waals surface area contributed by atoms with E-state index in [1.807, 2.05) is 45.0 Å². The van der Waals surface area contributed by atoms with Gasteiger partial charge in [0, 0.05) is 22.6 Å². The van der Waals surface area contributed by atoms with E-state index < -0.39 is 6.04 Å². The monoisotopic (exact) mass is 434 g/mol. The Hall–Kier alpha value is -2.04. The van der Waals surface area contributed by atoms with Gasteiger partial charge >= 0.3 is 0 Å². The minimum absolute atomic E-state index is 0.0330. The maximum Gasteiger partial charge on any atom is 0.242 e. The van der Waals surface area contributed by atoms with Crippen molar-refractivity contribution in [3.05, 3.63) is 69.2 Å². The van der Waals surface area contributed by atoms with Crippen LogP contribution in [0.3, 0.4) is 0 Å². The van der Waals surface area contributed by atoms with Crippen LogP contribution in [0.2, 0.25) is 10.0 Å². The maximum absolute atomic E-state index is 13.2. The van der Waals surface area contributed by atoms with Gasteiger partial charge in [-0.3, -0.25) is 9.59 Å². The van der Waals surface area contributed by atoms with Gasteiger partial charge in [-0.2, -0.15) is 0 Å². The fourth-order valence-electron chi connectivity index (χ4n) is 3.01. The van der Waals surface area contributed by atoms with Crippen molar-refractivity contribution in [1.82, 2.24) is 10.2 Å². The first-order valence-electron chi connectivity index (χ1n) is 9.81. The third-order valence-corrected chi connectivity index (χ3v) is 5.70. The van der Waals surface area contributed by atoms with Crippen molar-refractivity contribution in [3.8, 4) is 0 Å². The summed E-state index contributed by atoms with van der Waals surface area (Å²) in [6.07, 6.45) is 0.852. The summed E-state index contributed by atoms with van der Waals surface area (Å²) in [5, 5.41) is 3.85. The molecule has 0 bridgehead atoms. The van der Waals surface area contributed by atoms with Gasteiger partial charge in [0.1, 0.15) is 6.04 Å². The van der Waals surface area contributed by atoms with Crippen LogP contribution in [0.4, 0.5) is 0 Å². The van der Waals surface area contributed by atoms with Crippen molar-refractivity contribution in [2.45, 2.75) is 59.2 Å². The quantitative estimate of drug-likeness (QED) is 0.622. The van der Waals surface area contributed by atoms with E-state index in [2.05, 4.69) is 5.32 Å². The molecule has 0 aromatic heterocycles. The molecule has 0 spiro atoms. The molecule has 0 saturated carbocycles. The van der Waals surface area contributed by atoms with Crippen LogP contribution in [0.1, 0.15) is 43.9 Å². The highest BCUT2D eigenvalue weighted by molar-refractivity contribution is 6.36. The first kappa shape index (κ1) is 23.2. The third-order valence-electron chi connectivity index (χ3n) is 4.99. The van der Waals surface area contributed by atoms with Gasteiger partial charge in [-0.1, -0.05) is 66.0 Å². The Labute approximate surface area is 183 Å². The first-order chi connectivity index (χ1) is 13.7. The molecule has 2 amide bonds. The van der Waals surface area contributed by atoms with Crippen molar-refractivity contribution in [1.29, 1.82) is 0 Å². The standard InChI is InChI=1S/C23H28Cl2N2O2/c1-5-16(3)26-23(29)17(4)27(14-18-9-6-8-15(2)12-18)22(28)13-19-20(24)10-7-11-21(19)25/h6-12,16-17H,5,13-14H2,1-4H3,(H,26,29)/t16-,17+/m1/s1. The molecule has 0 unspecified atom stereocenters. The topological polar surface area (TPSA) is 49.4 Å². The fraction of sp³-hybridized carbons (Fsp3) is 0.391. The van der Waals surface area contributed by atoms with E-state index in [9.17, 15) is 9.59 Å². The largest absolute Gasteiger partial charge is 0.352 e. The summed E-state index contributed by atoms with van der Waals surface area (Å²) < 4.78 is 0. The van der Waals surface area contributed by atoms with Crippen molar-refractivity contribution in [2.75, 3.05) is 0 Å². The Morgan fingerprint density at radius 1 is 1.07 bits per heavy atom. The SMILES string of the molecule is CC[C@@H](C)NC(=O)[C@H](C)N(Cc1cccc(C)c1)C(=O)Cc1c(Cl)cccc1Cl. The number of nitrogens with zero attached hydrogens (tertiary/aromatic N) is 1. The van der Waals surface area contributed by atoms with Gasteiger partial charge in [-0.25, -0.2) is 0 Å². The Bertz CT molecular complexity index is 849. The fourth-order valence-corrected chi connectivity index (χ4v) is 3.54. The number of amides is 2. The molecule has 156 valence electrons. The minimum atomic E-state index is -0.627. The van der Waals surface area contributed by atoms with Gasteiger partial charge in [-0.15, -0.1) is 0 Å². The second kappa shape index (κ2) is 10.7. The smallest absolute Gasteiger partial charge is 0.242 e. The highest BCUT2D eigenvalue weighted by Crippen LogP contribution is 2.26. The molecule has 29 heavy (non-hydrogen) atoms. The van der Waals surface area contributed by atoms with Crippen LogP contribution < -0.4 is 5.32 Å². The predicted molar refractivity (Wildman–Crippen MR) is 119 cm³/mol. The number of hydrogen-bond donors (Lipinski definition) is 1. The lowest BCUT2D eigenvalue weighted by atomic mass is 10.1.